The fourth-order valence-corrected chi connectivity index (χ4v) is 3.57. The number of fused-ring (bicyclic) bond motifs is 1. The van der Waals surface area contributed by atoms with Crippen molar-refractivity contribution in [2.75, 3.05) is 0 Å². The molecule has 0 aromatic carbocycles. The van der Waals surface area contributed by atoms with Gasteiger partial charge in [-0.2, -0.15) is 5.10 Å². The van der Waals surface area contributed by atoms with Crippen LogP contribution in [-0.4, -0.2) is 25.9 Å². The molecule has 26 heavy (non-hydrogen) atoms. The molecule has 3 aromatic heterocycles. The van der Waals surface area contributed by atoms with Crippen LogP contribution in [0.4, 0.5) is 0 Å². The third-order valence-corrected chi connectivity index (χ3v) is 5.43. The molecule has 0 saturated carbocycles. The molecular weight excluding hydrogens is 324 g/mol. The van der Waals surface area contributed by atoms with Crippen LogP contribution in [0.25, 0.3) is 16.6 Å². The van der Waals surface area contributed by atoms with E-state index in [1.54, 1.807) is 6.20 Å². The first kappa shape index (κ1) is 16.8. The minimum absolute atomic E-state index is 0.0211. The van der Waals surface area contributed by atoms with Crippen molar-refractivity contribution in [3.05, 3.63) is 52.6 Å². The van der Waals surface area contributed by atoms with Gasteiger partial charge in [0.05, 0.1) is 0 Å². The molecule has 0 bridgehead atoms. The SMILES string of the molecule is Cc1[nH]nc(C(=O)Cc2cnc3[nH]c(C4=CCC(C)CC4)cc3c2)c1C. The number of allylic oxidation sites excluding steroid dienone is 2. The summed E-state index contributed by atoms with van der Waals surface area (Å²) >= 11 is 0. The zero-order valence-electron chi connectivity index (χ0n) is 15.5. The number of rotatable bonds is 4. The summed E-state index contributed by atoms with van der Waals surface area (Å²) < 4.78 is 0. The van der Waals surface area contributed by atoms with Crippen molar-refractivity contribution in [1.82, 2.24) is 20.2 Å². The Morgan fingerprint density at radius 3 is 2.85 bits per heavy atom. The summed E-state index contributed by atoms with van der Waals surface area (Å²) in [5, 5.41) is 8.07. The molecule has 1 aliphatic rings. The molecule has 134 valence electrons. The largest absolute Gasteiger partial charge is 0.340 e. The van der Waals surface area contributed by atoms with Gasteiger partial charge in [0.15, 0.2) is 5.78 Å². The second-order valence-electron chi connectivity index (χ2n) is 7.50. The average molecular weight is 348 g/mol. The van der Waals surface area contributed by atoms with E-state index in [1.807, 2.05) is 13.8 Å². The number of H-pyrrole nitrogens is 2. The van der Waals surface area contributed by atoms with Crippen LogP contribution in [0.15, 0.2) is 24.4 Å². The Balaban J connectivity index is 1.58. The van der Waals surface area contributed by atoms with Crippen molar-refractivity contribution in [2.45, 2.75) is 46.5 Å². The first-order chi connectivity index (χ1) is 12.5. The fraction of sp³-hybridized carbons (Fsp3) is 0.381. The van der Waals surface area contributed by atoms with Crippen molar-refractivity contribution in [2.24, 2.45) is 5.92 Å². The number of pyridine rings is 1. The Bertz CT molecular complexity index is 1010. The van der Waals surface area contributed by atoms with E-state index in [1.165, 1.54) is 12.0 Å². The lowest BCUT2D eigenvalue weighted by Crippen LogP contribution is -2.06. The Kier molecular flexibility index (Phi) is 4.23. The lowest BCUT2D eigenvalue weighted by molar-refractivity contribution is 0.0987. The van der Waals surface area contributed by atoms with Gasteiger partial charge in [-0.3, -0.25) is 9.89 Å². The van der Waals surface area contributed by atoms with Gasteiger partial charge >= 0.3 is 0 Å². The van der Waals surface area contributed by atoms with E-state index in [0.29, 0.717) is 12.1 Å². The molecule has 0 fully saturated rings. The van der Waals surface area contributed by atoms with E-state index < -0.39 is 0 Å². The van der Waals surface area contributed by atoms with Gasteiger partial charge in [0.25, 0.3) is 0 Å². The molecule has 2 N–H and O–H groups in total. The summed E-state index contributed by atoms with van der Waals surface area (Å²) in [6.45, 7) is 6.14. The Hall–Kier alpha value is -2.69. The highest BCUT2D eigenvalue weighted by atomic mass is 16.1. The van der Waals surface area contributed by atoms with E-state index in [4.69, 9.17) is 0 Å². The fourth-order valence-electron chi connectivity index (χ4n) is 3.57. The standard InChI is InChI=1S/C21H24N4O/c1-12-4-6-16(7-5-12)18-10-17-8-15(11-22-21(17)23-18)9-19(26)20-13(2)14(3)24-25-20/h6,8,10-12H,4-5,7,9H2,1-3H3,(H,22,23)(H,24,25). The van der Waals surface area contributed by atoms with Crippen LogP contribution >= 0.6 is 0 Å². The molecular formula is C21H24N4O. The quantitative estimate of drug-likeness (QED) is 0.680. The van der Waals surface area contributed by atoms with Crippen molar-refractivity contribution in [3.8, 4) is 0 Å². The van der Waals surface area contributed by atoms with Crippen LogP contribution in [0.3, 0.4) is 0 Å². The zero-order valence-corrected chi connectivity index (χ0v) is 15.5. The van der Waals surface area contributed by atoms with Gasteiger partial charge in [-0.15, -0.1) is 0 Å². The van der Waals surface area contributed by atoms with Crippen LogP contribution in [0.2, 0.25) is 0 Å². The van der Waals surface area contributed by atoms with Crippen LogP contribution in [-0.2, 0) is 6.42 Å². The first-order valence-electron chi connectivity index (χ1n) is 9.23. The maximum atomic E-state index is 12.5. The molecule has 0 saturated heterocycles. The first-order valence-corrected chi connectivity index (χ1v) is 9.23. The second-order valence-corrected chi connectivity index (χ2v) is 7.50. The molecule has 3 heterocycles. The average Bonchev–Trinajstić information content (AvgIpc) is 3.19. The van der Waals surface area contributed by atoms with Crippen molar-refractivity contribution in [3.63, 3.8) is 0 Å². The number of aromatic nitrogens is 4. The zero-order chi connectivity index (χ0) is 18.3. The van der Waals surface area contributed by atoms with Crippen LogP contribution in [0.1, 0.15) is 59.2 Å². The van der Waals surface area contributed by atoms with Crippen molar-refractivity contribution >= 4 is 22.4 Å². The van der Waals surface area contributed by atoms with E-state index in [2.05, 4.69) is 45.3 Å². The Labute approximate surface area is 152 Å². The number of aryl methyl sites for hydroxylation is 1. The summed E-state index contributed by atoms with van der Waals surface area (Å²) in [4.78, 5) is 20.5. The summed E-state index contributed by atoms with van der Waals surface area (Å²) in [6.07, 6.45) is 7.92. The Morgan fingerprint density at radius 2 is 2.15 bits per heavy atom. The maximum absolute atomic E-state index is 12.5. The van der Waals surface area contributed by atoms with E-state index in [-0.39, 0.29) is 5.78 Å². The predicted molar refractivity (Wildman–Crippen MR) is 103 cm³/mol. The lowest BCUT2D eigenvalue weighted by Gasteiger charge is -2.17. The third kappa shape index (κ3) is 3.09. The minimum Gasteiger partial charge on any atom is -0.340 e. The minimum atomic E-state index is 0.0211. The number of aromatic amines is 2. The van der Waals surface area contributed by atoms with Crippen LogP contribution in [0.5, 0.6) is 0 Å². The summed E-state index contributed by atoms with van der Waals surface area (Å²) in [6, 6.07) is 4.21. The number of carbonyl (C=O) groups excluding carboxylic acids is 1. The predicted octanol–water partition coefficient (Wildman–Crippen LogP) is 4.53. The molecule has 4 rings (SSSR count). The third-order valence-electron chi connectivity index (χ3n) is 5.43. The van der Waals surface area contributed by atoms with E-state index in [0.717, 1.165) is 52.3 Å². The van der Waals surface area contributed by atoms with Gasteiger partial charge < -0.3 is 4.98 Å². The summed E-state index contributed by atoms with van der Waals surface area (Å²) in [5.74, 6) is 0.792. The number of Topliss-reactive ketones (excluding diaryl/α,β-unsaturated/α-hetero) is 1. The van der Waals surface area contributed by atoms with Gasteiger partial charge in [0.1, 0.15) is 11.3 Å². The molecule has 5 nitrogen and oxygen atoms in total. The normalized spacial score (nSPS) is 17.5. The van der Waals surface area contributed by atoms with Crippen LogP contribution in [0, 0.1) is 19.8 Å². The summed E-state index contributed by atoms with van der Waals surface area (Å²) in [7, 11) is 0. The highest BCUT2D eigenvalue weighted by Crippen LogP contribution is 2.31. The van der Waals surface area contributed by atoms with Gasteiger partial charge in [0.2, 0.25) is 0 Å². The second kappa shape index (κ2) is 6.56. The van der Waals surface area contributed by atoms with E-state index >= 15 is 0 Å². The maximum Gasteiger partial charge on any atom is 0.187 e. The molecule has 1 aliphatic carbocycles. The van der Waals surface area contributed by atoms with Gasteiger partial charge in [-0.05, 0) is 62.3 Å². The van der Waals surface area contributed by atoms with Gasteiger partial charge in [0, 0.05) is 35.0 Å². The Morgan fingerprint density at radius 1 is 1.31 bits per heavy atom. The molecule has 1 unspecified atom stereocenters. The smallest absolute Gasteiger partial charge is 0.187 e. The lowest BCUT2D eigenvalue weighted by atomic mass is 9.90. The van der Waals surface area contributed by atoms with Crippen molar-refractivity contribution < 1.29 is 4.79 Å². The number of nitrogens with zero attached hydrogens (tertiary/aromatic N) is 2. The number of ketones is 1. The molecule has 5 heteroatoms. The molecule has 1 atom stereocenters. The molecule has 0 aliphatic heterocycles. The molecule has 0 spiro atoms. The highest BCUT2D eigenvalue weighted by molar-refractivity contribution is 5.97. The number of hydrogen-bond acceptors (Lipinski definition) is 3. The number of nitrogens with one attached hydrogen (secondary N) is 2. The van der Waals surface area contributed by atoms with Gasteiger partial charge in [-0.25, -0.2) is 4.98 Å². The summed E-state index contributed by atoms with van der Waals surface area (Å²) in [5.41, 5.74) is 6.71. The molecule has 3 aromatic rings. The molecule has 0 radical (unpaired) electrons. The van der Waals surface area contributed by atoms with Crippen molar-refractivity contribution in [1.29, 1.82) is 0 Å². The number of carbonyl (C=O) groups is 1. The van der Waals surface area contributed by atoms with Crippen LogP contribution < -0.4 is 0 Å². The van der Waals surface area contributed by atoms with E-state index in [9.17, 15) is 4.79 Å². The highest BCUT2D eigenvalue weighted by Gasteiger charge is 2.17. The topological polar surface area (TPSA) is 74.4 Å². The number of hydrogen-bond donors (Lipinski definition) is 2. The monoisotopic (exact) mass is 348 g/mol. The van der Waals surface area contributed by atoms with Gasteiger partial charge in [-0.1, -0.05) is 13.0 Å². The molecule has 0 amide bonds.